The van der Waals surface area contributed by atoms with Crippen molar-refractivity contribution < 1.29 is 31.9 Å². The highest BCUT2D eigenvalue weighted by Crippen LogP contribution is 2.26. The number of nitrogens with one attached hydrogen (secondary N) is 1. The Kier molecular flexibility index (Phi) is 8.05. The van der Waals surface area contributed by atoms with Crippen molar-refractivity contribution in [1.29, 1.82) is 0 Å². The highest BCUT2D eigenvalue weighted by Gasteiger charge is 2.38. The molecular formula is C15H14BrF5N4O3. The summed E-state index contributed by atoms with van der Waals surface area (Å²) in [5.74, 6) is -2.76. The maximum atomic E-state index is 12.8. The van der Waals surface area contributed by atoms with Crippen molar-refractivity contribution in [1.82, 2.24) is 14.8 Å². The van der Waals surface area contributed by atoms with E-state index in [1.807, 2.05) is 0 Å². The summed E-state index contributed by atoms with van der Waals surface area (Å²) in [7, 11) is 0. The van der Waals surface area contributed by atoms with Crippen molar-refractivity contribution in [2.24, 2.45) is 5.73 Å². The van der Waals surface area contributed by atoms with Crippen molar-refractivity contribution in [2.45, 2.75) is 19.5 Å². The van der Waals surface area contributed by atoms with Gasteiger partial charge in [0.2, 0.25) is 0 Å². The molecule has 0 saturated heterocycles. The number of nitrogens with zero attached hydrogens (tertiary/aromatic N) is 2. The average molecular weight is 473 g/mol. The number of carboxylic acids is 1. The van der Waals surface area contributed by atoms with Crippen LogP contribution in [0.4, 0.5) is 22.0 Å². The Bertz CT molecular complexity index is 932. The molecule has 7 nitrogen and oxygen atoms in total. The lowest BCUT2D eigenvalue weighted by atomic mass is 10.0. The molecule has 2 aromatic rings. The Hall–Kier alpha value is -2.54. The van der Waals surface area contributed by atoms with Gasteiger partial charge in [-0.05, 0) is 30.2 Å². The molecule has 0 aliphatic heterocycles. The zero-order valence-corrected chi connectivity index (χ0v) is 15.7. The largest absolute Gasteiger partial charge is 0.490 e. The van der Waals surface area contributed by atoms with Gasteiger partial charge in [-0.2, -0.15) is 27.1 Å². The van der Waals surface area contributed by atoms with Crippen molar-refractivity contribution in [3.63, 3.8) is 0 Å². The number of rotatable bonds is 4. The Morgan fingerprint density at radius 3 is 2.32 bits per heavy atom. The molecule has 0 spiro atoms. The summed E-state index contributed by atoms with van der Waals surface area (Å²) < 4.78 is 59.5. The minimum atomic E-state index is -5.08. The van der Waals surface area contributed by atoms with Crippen LogP contribution in [-0.2, 0) is 11.2 Å². The first-order valence-corrected chi connectivity index (χ1v) is 8.12. The quantitative estimate of drug-likeness (QED) is 0.592. The number of hydrogen-bond donors (Lipinski definition) is 3. The SMILES string of the molecule is Cc1cc(Br)cc(CC(CN)=C(F)F)c1-n1cn[nH]c1=O.O=C(O)C(F)(F)F. The fraction of sp³-hybridized carbons (Fsp3) is 0.267. The maximum Gasteiger partial charge on any atom is 0.490 e. The Labute approximate surface area is 162 Å². The number of aromatic amines is 1. The highest BCUT2D eigenvalue weighted by atomic mass is 79.9. The Morgan fingerprint density at radius 2 is 1.93 bits per heavy atom. The highest BCUT2D eigenvalue weighted by molar-refractivity contribution is 9.10. The summed E-state index contributed by atoms with van der Waals surface area (Å²) >= 11 is 3.33. The molecule has 1 aromatic heterocycles. The van der Waals surface area contributed by atoms with Crippen LogP contribution in [0, 0.1) is 6.92 Å². The van der Waals surface area contributed by atoms with Crippen LogP contribution in [0.5, 0.6) is 0 Å². The summed E-state index contributed by atoms with van der Waals surface area (Å²) in [6.07, 6.45) is -5.59. The topological polar surface area (TPSA) is 114 Å². The molecule has 154 valence electrons. The fourth-order valence-corrected chi connectivity index (χ4v) is 2.76. The van der Waals surface area contributed by atoms with Gasteiger partial charge in [0.15, 0.2) is 0 Å². The van der Waals surface area contributed by atoms with Crippen molar-refractivity contribution in [3.8, 4) is 5.69 Å². The summed E-state index contributed by atoms with van der Waals surface area (Å²) in [6, 6.07) is 3.50. The Morgan fingerprint density at radius 1 is 1.36 bits per heavy atom. The number of aryl methyl sites for hydroxylation is 1. The van der Waals surface area contributed by atoms with E-state index in [1.54, 1.807) is 19.1 Å². The van der Waals surface area contributed by atoms with Gasteiger partial charge >= 0.3 is 17.8 Å². The standard InChI is InChI=1S/C13H13BrF2N4O.C2HF3O2/c1-7-2-10(14)4-8(3-9(5-17)12(15)16)11(7)20-6-18-19-13(20)21;3-2(4,5)1(6)7/h2,4,6H,3,5,17H2,1H3,(H,19,21);(H,6,7). The van der Waals surface area contributed by atoms with Crippen molar-refractivity contribution in [2.75, 3.05) is 6.54 Å². The van der Waals surface area contributed by atoms with E-state index in [0.717, 1.165) is 10.0 Å². The van der Waals surface area contributed by atoms with Crippen LogP contribution in [0.2, 0.25) is 0 Å². The van der Waals surface area contributed by atoms with E-state index in [1.165, 1.54) is 10.9 Å². The molecular weight excluding hydrogens is 459 g/mol. The molecule has 2 rings (SSSR count). The molecule has 1 aromatic carbocycles. The monoisotopic (exact) mass is 472 g/mol. The van der Waals surface area contributed by atoms with Gasteiger partial charge in [0, 0.05) is 23.0 Å². The summed E-state index contributed by atoms with van der Waals surface area (Å²) in [5.41, 5.74) is 6.63. The average Bonchev–Trinajstić information content (AvgIpc) is 2.97. The molecule has 4 N–H and O–H groups in total. The molecule has 0 radical (unpaired) electrons. The molecule has 0 fully saturated rings. The summed E-state index contributed by atoms with van der Waals surface area (Å²) in [4.78, 5) is 20.6. The number of alkyl halides is 3. The van der Waals surface area contributed by atoms with Crippen LogP contribution in [0.25, 0.3) is 5.69 Å². The minimum Gasteiger partial charge on any atom is -0.475 e. The van der Waals surface area contributed by atoms with Gasteiger partial charge in [-0.15, -0.1) is 0 Å². The molecule has 0 amide bonds. The second-order valence-electron chi connectivity index (χ2n) is 5.31. The van der Waals surface area contributed by atoms with Crippen LogP contribution >= 0.6 is 15.9 Å². The van der Waals surface area contributed by atoms with E-state index in [0.29, 0.717) is 11.3 Å². The van der Waals surface area contributed by atoms with Crippen LogP contribution in [0.15, 0.2) is 39.4 Å². The van der Waals surface area contributed by atoms with Gasteiger partial charge in [0.05, 0.1) is 5.69 Å². The molecule has 0 unspecified atom stereocenters. The summed E-state index contributed by atoms with van der Waals surface area (Å²) in [5, 5.41) is 13.1. The van der Waals surface area contributed by atoms with E-state index >= 15 is 0 Å². The minimum absolute atomic E-state index is 0.0356. The zero-order valence-electron chi connectivity index (χ0n) is 14.1. The van der Waals surface area contributed by atoms with E-state index in [-0.39, 0.29) is 18.5 Å². The normalized spacial score (nSPS) is 10.9. The number of benzene rings is 1. The van der Waals surface area contributed by atoms with E-state index in [2.05, 4.69) is 26.1 Å². The number of carbonyl (C=O) groups is 1. The number of aromatic nitrogens is 3. The van der Waals surface area contributed by atoms with Gasteiger partial charge in [-0.25, -0.2) is 19.3 Å². The lowest BCUT2D eigenvalue weighted by Crippen LogP contribution is -2.21. The van der Waals surface area contributed by atoms with Crippen LogP contribution in [-0.4, -0.2) is 38.6 Å². The molecule has 0 saturated carbocycles. The number of H-pyrrole nitrogens is 1. The van der Waals surface area contributed by atoms with E-state index in [9.17, 15) is 26.7 Å². The number of nitrogens with two attached hydrogens (primary N) is 1. The first-order chi connectivity index (χ1) is 12.9. The second-order valence-corrected chi connectivity index (χ2v) is 6.23. The second kappa shape index (κ2) is 9.59. The van der Waals surface area contributed by atoms with E-state index < -0.39 is 23.9 Å². The number of aliphatic carboxylic acids is 1. The molecule has 1 heterocycles. The van der Waals surface area contributed by atoms with Crippen LogP contribution in [0.1, 0.15) is 11.1 Å². The number of halogens is 6. The molecule has 13 heteroatoms. The maximum absolute atomic E-state index is 12.8. The van der Waals surface area contributed by atoms with Crippen LogP contribution in [0.3, 0.4) is 0 Å². The van der Waals surface area contributed by atoms with Crippen molar-refractivity contribution in [3.05, 3.63) is 56.2 Å². The van der Waals surface area contributed by atoms with Gasteiger partial charge in [-0.1, -0.05) is 15.9 Å². The lowest BCUT2D eigenvalue weighted by Gasteiger charge is -2.14. The third kappa shape index (κ3) is 6.27. The molecule has 0 aliphatic rings. The van der Waals surface area contributed by atoms with E-state index in [4.69, 9.17) is 15.6 Å². The van der Waals surface area contributed by atoms with Gasteiger partial charge < -0.3 is 10.8 Å². The van der Waals surface area contributed by atoms with Gasteiger partial charge in [0.1, 0.15) is 6.33 Å². The number of hydrogen-bond acceptors (Lipinski definition) is 4. The third-order valence-electron chi connectivity index (χ3n) is 3.30. The molecule has 28 heavy (non-hydrogen) atoms. The predicted octanol–water partition coefficient (Wildman–Crippen LogP) is 2.92. The fourth-order valence-electron chi connectivity index (χ4n) is 2.14. The van der Waals surface area contributed by atoms with Gasteiger partial charge in [0.25, 0.3) is 6.08 Å². The smallest absolute Gasteiger partial charge is 0.475 e. The molecule has 0 aliphatic carbocycles. The molecule has 0 bridgehead atoms. The molecule has 0 atom stereocenters. The third-order valence-corrected chi connectivity index (χ3v) is 3.76. The predicted molar refractivity (Wildman–Crippen MR) is 92.3 cm³/mol. The number of carboxylic acid groups (broad SMARTS) is 1. The first-order valence-electron chi connectivity index (χ1n) is 7.33. The zero-order chi connectivity index (χ0) is 21.6. The lowest BCUT2D eigenvalue weighted by molar-refractivity contribution is -0.192. The van der Waals surface area contributed by atoms with Gasteiger partial charge in [-0.3, -0.25) is 0 Å². The Balaban J connectivity index is 0.000000480. The first kappa shape index (κ1) is 23.5. The van der Waals surface area contributed by atoms with Crippen molar-refractivity contribution >= 4 is 21.9 Å². The summed E-state index contributed by atoms with van der Waals surface area (Å²) in [6.45, 7) is 1.55. The van der Waals surface area contributed by atoms with Crippen LogP contribution < -0.4 is 11.4 Å².